The van der Waals surface area contributed by atoms with Crippen molar-refractivity contribution in [2.24, 2.45) is 12.8 Å². The number of fused-ring (bicyclic) bond motifs is 1. The van der Waals surface area contributed by atoms with Crippen LogP contribution in [0, 0.1) is 0 Å². The van der Waals surface area contributed by atoms with Crippen molar-refractivity contribution in [2.45, 2.75) is 25.0 Å². The Kier molecular flexibility index (Phi) is 1.70. The second-order valence-electron chi connectivity index (χ2n) is 3.54. The lowest BCUT2D eigenvalue weighted by atomic mass is 9.92. The number of aliphatic hydroxyl groups is 1. The zero-order valence-electron chi connectivity index (χ0n) is 7.20. The van der Waals surface area contributed by atoms with Crippen LogP contribution < -0.4 is 5.73 Å². The Morgan fingerprint density at radius 3 is 3.17 bits per heavy atom. The topological polar surface area (TPSA) is 51.2 Å². The number of hydrogen-bond donors (Lipinski definition) is 2. The summed E-state index contributed by atoms with van der Waals surface area (Å²) < 4.78 is 2.04. The van der Waals surface area contributed by atoms with Crippen LogP contribution >= 0.6 is 0 Å². The zero-order valence-corrected chi connectivity index (χ0v) is 7.20. The molecule has 0 radical (unpaired) electrons. The molecule has 1 aliphatic rings. The highest BCUT2D eigenvalue weighted by Gasteiger charge is 2.24. The molecule has 1 aromatic heterocycles. The van der Waals surface area contributed by atoms with Crippen LogP contribution in [0.15, 0.2) is 12.3 Å². The van der Waals surface area contributed by atoms with Gasteiger partial charge >= 0.3 is 0 Å². The van der Waals surface area contributed by atoms with E-state index in [-0.39, 0.29) is 12.1 Å². The Hall–Kier alpha value is -0.800. The van der Waals surface area contributed by atoms with Crippen molar-refractivity contribution in [2.75, 3.05) is 0 Å². The van der Waals surface area contributed by atoms with Gasteiger partial charge in [-0.25, -0.2) is 0 Å². The molecule has 3 N–H and O–H groups in total. The second-order valence-corrected chi connectivity index (χ2v) is 3.54. The molecule has 12 heavy (non-hydrogen) atoms. The minimum atomic E-state index is -0.357. The summed E-state index contributed by atoms with van der Waals surface area (Å²) in [7, 11) is 1.99. The zero-order chi connectivity index (χ0) is 8.72. The number of rotatable bonds is 0. The van der Waals surface area contributed by atoms with E-state index in [0.29, 0.717) is 6.42 Å². The van der Waals surface area contributed by atoms with Crippen LogP contribution in [0.25, 0.3) is 0 Å². The first kappa shape index (κ1) is 7.83. The molecule has 0 bridgehead atoms. The summed E-state index contributed by atoms with van der Waals surface area (Å²) in [6.45, 7) is 0. The molecule has 0 amide bonds. The van der Waals surface area contributed by atoms with E-state index in [1.54, 1.807) is 0 Å². The molecule has 3 heteroatoms. The monoisotopic (exact) mass is 166 g/mol. The minimum absolute atomic E-state index is 0.112. The highest BCUT2D eigenvalue weighted by Crippen LogP contribution is 2.29. The lowest BCUT2D eigenvalue weighted by Gasteiger charge is -2.24. The highest BCUT2D eigenvalue weighted by molar-refractivity contribution is 5.28. The molecular formula is C9H14N2O. The maximum Gasteiger partial charge on any atom is 0.0822 e. The van der Waals surface area contributed by atoms with Gasteiger partial charge < -0.3 is 15.4 Å². The SMILES string of the molecule is Cn1ccc2c1CC(N)CC2O. The maximum absolute atomic E-state index is 9.65. The Morgan fingerprint density at radius 2 is 2.42 bits per heavy atom. The van der Waals surface area contributed by atoms with Gasteiger partial charge in [-0.15, -0.1) is 0 Å². The summed E-state index contributed by atoms with van der Waals surface area (Å²) in [5.41, 5.74) is 8.03. The van der Waals surface area contributed by atoms with E-state index in [2.05, 4.69) is 0 Å². The van der Waals surface area contributed by atoms with Gasteiger partial charge in [0.2, 0.25) is 0 Å². The first-order valence-corrected chi connectivity index (χ1v) is 4.26. The van der Waals surface area contributed by atoms with Gasteiger partial charge in [-0.05, 0) is 12.5 Å². The Balaban J connectivity index is 2.43. The van der Waals surface area contributed by atoms with Crippen LogP contribution in [0.1, 0.15) is 23.8 Å². The summed E-state index contributed by atoms with van der Waals surface area (Å²) >= 11 is 0. The fourth-order valence-corrected chi connectivity index (χ4v) is 1.89. The lowest BCUT2D eigenvalue weighted by molar-refractivity contribution is 0.147. The lowest BCUT2D eigenvalue weighted by Crippen LogP contribution is -2.30. The summed E-state index contributed by atoms with van der Waals surface area (Å²) in [6.07, 6.45) is 3.20. The number of hydrogen-bond acceptors (Lipinski definition) is 2. The average molecular weight is 166 g/mol. The van der Waals surface area contributed by atoms with Gasteiger partial charge in [-0.2, -0.15) is 0 Å². The third-order valence-electron chi connectivity index (χ3n) is 2.58. The van der Waals surface area contributed by atoms with Crippen molar-refractivity contribution in [1.29, 1.82) is 0 Å². The van der Waals surface area contributed by atoms with Crippen molar-refractivity contribution in [1.82, 2.24) is 4.57 Å². The minimum Gasteiger partial charge on any atom is -0.388 e. The van der Waals surface area contributed by atoms with Crippen molar-refractivity contribution in [3.05, 3.63) is 23.5 Å². The molecule has 2 atom stereocenters. The first-order chi connectivity index (χ1) is 5.68. The van der Waals surface area contributed by atoms with Crippen molar-refractivity contribution >= 4 is 0 Å². The molecule has 2 unspecified atom stereocenters. The Morgan fingerprint density at radius 1 is 1.67 bits per heavy atom. The van der Waals surface area contributed by atoms with Gasteiger partial charge in [0.05, 0.1) is 6.10 Å². The second kappa shape index (κ2) is 2.61. The van der Waals surface area contributed by atoms with E-state index < -0.39 is 0 Å². The fourth-order valence-electron chi connectivity index (χ4n) is 1.89. The van der Waals surface area contributed by atoms with Crippen LogP contribution in [-0.4, -0.2) is 15.7 Å². The molecule has 0 saturated carbocycles. The first-order valence-electron chi connectivity index (χ1n) is 4.26. The number of aryl methyl sites for hydroxylation is 1. The maximum atomic E-state index is 9.65. The largest absolute Gasteiger partial charge is 0.388 e. The predicted octanol–water partition coefficient (Wildman–Crippen LogP) is 0.332. The molecule has 0 saturated heterocycles. The number of nitrogens with zero attached hydrogens (tertiary/aromatic N) is 1. The Labute approximate surface area is 71.8 Å². The molecule has 1 heterocycles. The molecule has 0 fully saturated rings. The molecule has 1 aliphatic carbocycles. The van der Waals surface area contributed by atoms with Crippen molar-refractivity contribution < 1.29 is 5.11 Å². The molecule has 66 valence electrons. The third kappa shape index (κ3) is 1.06. The van der Waals surface area contributed by atoms with E-state index >= 15 is 0 Å². The molecule has 0 aromatic carbocycles. The van der Waals surface area contributed by atoms with Gasteiger partial charge in [0, 0.05) is 37.0 Å². The van der Waals surface area contributed by atoms with E-state index in [0.717, 1.165) is 12.0 Å². The van der Waals surface area contributed by atoms with Gasteiger partial charge in [-0.3, -0.25) is 0 Å². The van der Waals surface area contributed by atoms with Crippen molar-refractivity contribution in [3.8, 4) is 0 Å². The quantitative estimate of drug-likeness (QED) is 0.583. The van der Waals surface area contributed by atoms with Crippen molar-refractivity contribution in [3.63, 3.8) is 0 Å². The number of aliphatic hydroxyl groups excluding tert-OH is 1. The molecule has 2 rings (SSSR count). The third-order valence-corrected chi connectivity index (χ3v) is 2.58. The Bertz CT molecular complexity index is 293. The average Bonchev–Trinajstić information content (AvgIpc) is 2.33. The summed E-state index contributed by atoms with van der Waals surface area (Å²) in [4.78, 5) is 0. The van der Waals surface area contributed by atoms with E-state index in [4.69, 9.17) is 5.73 Å². The van der Waals surface area contributed by atoms with Gasteiger partial charge in [-0.1, -0.05) is 0 Å². The van der Waals surface area contributed by atoms with Crippen LogP contribution in [0.2, 0.25) is 0 Å². The molecule has 0 spiro atoms. The van der Waals surface area contributed by atoms with Crippen LogP contribution in [0.4, 0.5) is 0 Å². The molecular weight excluding hydrogens is 152 g/mol. The fraction of sp³-hybridized carbons (Fsp3) is 0.556. The standard InChI is InChI=1S/C9H14N2O/c1-11-3-2-7-8(11)4-6(10)5-9(7)12/h2-3,6,9,12H,4-5,10H2,1H3. The van der Waals surface area contributed by atoms with Crippen LogP contribution in [0.3, 0.4) is 0 Å². The summed E-state index contributed by atoms with van der Waals surface area (Å²) in [6, 6.07) is 2.09. The van der Waals surface area contributed by atoms with Gasteiger partial charge in [0.15, 0.2) is 0 Å². The molecule has 3 nitrogen and oxygen atoms in total. The van der Waals surface area contributed by atoms with Crippen LogP contribution in [-0.2, 0) is 13.5 Å². The normalized spacial score (nSPS) is 28.6. The van der Waals surface area contributed by atoms with E-state index in [9.17, 15) is 5.11 Å². The van der Waals surface area contributed by atoms with Gasteiger partial charge in [0.1, 0.15) is 0 Å². The number of aromatic nitrogens is 1. The molecule has 1 aromatic rings. The summed E-state index contributed by atoms with van der Waals surface area (Å²) in [5.74, 6) is 0. The summed E-state index contributed by atoms with van der Waals surface area (Å²) in [5, 5.41) is 9.65. The van der Waals surface area contributed by atoms with Crippen LogP contribution in [0.5, 0.6) is 0 Å². The highest BCUT2D eigenvalue weighted by atomic mass is 16.3. The smallest absolute Gasteiger partial charge is 0.0822 e. The van der Waals surface area contributed by atoms with E-state index in [1.807, 2.05) is 23.9 Å². The molecule has 0 aliphatic heterocycles. The van der Waals surface area contributed by atoms with Gasteiger partial charge in [0.25, 0.3) is 0 Å². The van der Waals surface area contributed by atoms with E-state index in [1.165, 1.54) is 5.69 Å². The predicted molar refractivity (Wildman–Crippen MR) is 46.7 cm³/mol. The number of nitrogens with two attached hydrogens (primary N) is 1.